The first-order valence-electron chi connectivity index (χ1n) is 9.08. The normalized spacial score (nSPS) is 11.2. The summed E-state index contributed by atoms with van der Waals surface area (Å²) in [6.45, 7) is -0.620. The molecule has 0 bridgehead atoms. The molecule has 1 amide bonds. The number of rotatable bonds is 6. The lowest BCUT2D eigenvalue weighted by molar-refractivity contribution is -0.137. The number of carbonyl (C=O) groups is 2. The Kier molecular flexibility index (Phi) is 6.51. The van der Waals surface area contributed by atoms with Crippen LogP contribution >= 0.6 is 0 Å². The van der Waals surface area contributed by atoms with Crippen molar-refractivity contribution < 1.29 is 27.5 Å². The van der Waals surface area contributed by atoms with Gasteiger partial charge in [0.2, 0.25) is 0 Å². The quantitative estimate of drug-likeness (QED) is 0.593. The second-order valence-electron chi connectivity index (χ2n) is 6.48. The van der Waals surface area contributed by atoms with Crippen LogP contribution in [0.1, 0.15) is 33.1 Å². The Morgan fingerprint density at radius 2 is 1.40 bits per heavy atom. The summed E-state index contributed by atoms with van der Waals surface area (Å²) in [7, 11) is 0. The summed E-state index contributed by atoms with van der Waals surface area (Å²) in [5.41, 5.74) is 0.428. The van der Waals surface area contributed by atoms with Crippen molar-refractivity contribution in [3.63, 3.8) is 0 Å². The van der Waals surface area contributed by atoms with Gasteiger partial charge in [-0.1, -0.05) is 66.7 Å². The van der Waals surface area contributed by atoms with Crippen molar-refractivity contribution in [2.45, 2.75) is 12.2 Å². The van der Waals surface area contributed by atoms with Gasteiger partial charge in [-0.05, 0) is 29.3 Å². The van der Waals surface area contributed by atoms with Gasteiger partial charge in [-0.2, -0.15) is 13.2 Å². The molecule has 3 aromatic rings. The highest BCUT2D eigenvalue weighted by Crippen LogP contribution is 2.29. The average molecular weight is 413 g/mol. The van der Waals surface area contributed by atoms with E-state index >= 15 is 0 Å². The predicted molar refractivity (Wildman–Crippen MR) is 105 cm³/mol. The van der Waals surface area contributed by atoms with Gasteiger partial charge in [0, 0.05) is 0 Å². The van der Waals surface area contributed by atoms with Crippen molar-refractivity contribution >= 4 is 11.9 Å². The van der Waals surface area contributed by atoms with E-state index in [4.69, 9.17) is 4.74 Å². The minimum Gasteiger partial charge on any atom is -0.452 e. The second-order valence-corrected chi connectivity index (χ2v) is 6.48. The maximum absolute atomic E-state index is 12.8. The van der Waals surface area contributed by atoms with Crippen molar-refractivity contribution in [2.75, 3.05) is 6.61 Å². The number of amides is 1. The Bertz CT molecular complexity index is 965. The van der Waals surface area contributed by atoms with Crippen LogP contribution in [0.15, 0.2) is 84.9 Å². The summed E-state index contributed by atoms with van der Waals surface area (Å²) in [6, 6.07) is 21.9. The van der Waals surface area contributed by atoms with Crippen molar-refractivity contribution in [1.29, 1.82) is 0 Å². The maximum atomic E-state index is 12.8. The number of benzene rings is 3. The molecule has 7 heteroatoms. The van der Waals surface area contributed by atoms with E-state index in [1.807, 2.05) is 60.7 Å². The molecule has 154 valence electrons. The van der Waals surface area contributed by atoms with Crippen molar-refractivity contribution in [1.82, 2.24) is 5.32 Å². The largest absolute Gasteiger partial charge is 0.452 e. The molecule has 1 N–H and O–H groups in total. The van der Waals surface area contributed by atoms with Crippen molar-refractivity contribution in [3.05, 3.63) is 107 Å². The first-order valence-corrected chi connectivity index (χ1v) is 9.08. The molecular weight excluding hydrogens is 395 g/mol. The molecule has 30 heavy (non-hydrogen) atoms. The lowest BCUT2D eigenvalue weighted by Crippen LogP contribution is -2.33. The molecule has 3 rings (SSSR count). The van der Waals surface area contributed by atoms with E-state index in [9.17, 15) is 22.8 Å². The van der Waals surface area contributed by atoms with Crippen LogP contribution in [-0.2, 0) is 15.7 Å². The Morgan fingerprint density at radius 1 is 0.833 bits per heavy atom. The maximum Gasteiger partial charge on any atom is 0.416 e. The molecule has 0 aliphatic heterocycles. The number of carbonyl (C=O) groups excluding carboxylic acids is 2. The minimum atomic E-state index is -4.58. The molecule has 0 fully saturated rings. The van der Waals surface area contributed by atoms with E-state index < -0.39 is 36.3 Å². The predicted octanol–water partition coefficient (Wildman–Crippen LogP) is 4.77. The smallest absolute Gasteiger partial charge is 0.416 e. The van der Waals surface area contributed by atoms with Gasteiger partial charge in [0.25, 0.3) is 5.91 Å². The summed E-state index contributed by atoms with van der Waals surface area (Å²) in [5.74, 6) is -1.58. The van der Waals surface area contributed by atoms with Gasteiger partial charge in [0.1, 0.15) is 0 Å². The van der Waals surface area contributed by atoms with E-state index in [0.29, 0.717) is 6.07 Å². The van der Waals surface area contributed by atoms with Gasteiger partial charge in [-0.3, -0.25) is 4.79 Å². The van der Waals surface area contributed by atoms with Gasteiger partial charge >= 0.3 is 12.1 Å². The number of halogens is 3. The van der Waals surface area contributed by atoms with Crippen LogP contribution in [0.5, 0.6) is 0 Å². The first kappa shape index (κ1) is 21.1. The zero-order valence-electron chi connectivity index (χ0n) is 15.7. The molecule has 0 radical (unpaired) electrons. The summed E-state index contributed by atoms with van der Waals surface area (Å²) >= 11 is 0. The molecular formula is C23H18F3NO3. The van der Waals surface area contributed by atoms with Gasteiger partial charge in [-0.25, -0.2) is 4.79 Å². The molecule has 0 heterocycles. The minimum absolute atomic E-state index is 0.278. The Balaban J connectivity index is 1.67. The number of alkyl halides is 3. The highest BCUT2D eigenvalue weighted by atomic mass is 19.4. The molecule has 0 unspecified atom stereocenters. The van der Waals surface area contributed by atoms with Crippen molar-refractivity contribution in [2.24, 2.45) is 0 Å². The SMILES string of the molecule is O=C(COC(=O)c1cccc(C(F)(F)F)c1)NC(c1ccccc1)c1ccccc1. The van der Waals surface area contributed by atoms with E-state index in [-0.39, 0.29) is 5.56 Å². The third-order valence-electron chi connectivity index (χ3n) is 4.33. The van der Waals surface area contributed by atoms with Crippen LogP contribution in [-0.4, -0.2) is 18.5 Å². The van der Waals surface area contributed by atoms with E-state index in [0.717, 1.165) is 23.3 Å². The molecule has 0 spiro atoms. The number of hydrogen-bond acceptors (Lipinski definition) is 3. The van der Waals surface area contributed by atoms with Gasteiger partial charge in [0.15, 0.2) is 6.61 Å². The Hall–Kier alpha value is -3.61. The van der Waals surface area contributed by atoms with Crippen LogP contribution in [0, 0.1) is 0 Å². The fourth-order valence-electron chi connectivity index (χ4n) is 2.89. The fourth-order valence-corrected chi connectivity index (χ4v) is 2.89. The molecule has 4 nitrogen and oxygen atoms in total. The number of esters is 1. The van der Waals surface area contributed by atoms with E-state index in [1.54, 1.807) is 0 Å². The van der Waals surface area contributed by atoms with Crippen LogP contribution < -0.4 is 5.32 Å². The third-order valence-corrected chi connectivity index (χ3v) is 4.33. The number of hydrogen-bond donors (Lipinski definition) is 1. The zero-order valence-corrected chi connectivity index (χ0v) is 15.7. The van der Waals surface area contributed by atoms with Crippen LogP contribution in [0.25, 0.3) is 0 Å². The van der Waals surface area contributed by atoms with Crippen LogP contribution in [0.2, 0.25) is 0 Å². The van der Waals surface area contributed by atoms with Crippen LogP contribution in [0.4, 0.5) is 13.2 Å². The Morgan fingerprint density at radius 3 is 1.93 bits per heavy atom. The summed E-state index contributed by atoms with van der Waals surface area (Å²) < 4.78 is 43.3. The highest BCUT2D eigenvalue weighted by molar-refractivity contribution is 5.91. The molecule has 0 aliphatic rings. The molecule has 0 aromatic heterocycles. The van der Waals surface area contributed by atoms with E-state index in [1.165, 1.54) is 6.07 Å². The van der Waals surface area contributed by atoms with Gasteiger partial charge in [0.05, 0.1) is 17.2 Å². The van der Waals surface area contributed by atoms with Crippen LogP contribution in [0.3, 0.4) is 0 Å². The molecule has 0 atom stereocenters. The Labute approximate surface area is 171 Å². The van der Waals surface area contributed by atoms with Gasteiger partial charge < -0.3 is 10.1 Å². The molecule has 0 saturated heterocycles. The monoisotopic (exact) mass is 413 g/mol. The standard InChI is InChI=1S/C23H18F3NO3/c24-23(25,26)19-13-7-12-18(14-19)22(29)30-15-20(28)27-21(16-8-3-1-4-9-16)17-10-5-2-6-11-17/h1-14,21H,15H2,(H,27,28). The third kappa shape index (κ3) is 5.47. The fraction of sp³-hybridized carbons (Fsp3) is 0.130. The molecule has 0 saturated carbocycles. The molecule has 3 aromatic carbocycles. The zero-order chi connectivity index (χ0) is 21.6. The highest BCUT2D eigenvalue weighted by Gasteiger charge is 2.31. The number of nitrogens with one attached hydrogen (secondary N) is 1. The average Bonchev–Trinajstić information content (AvgIpc) is 2.76. The topological polar surface area (TPSA) is 55.4 Å². The lowest BCUT2D eigenvalue weighted by atomic mass is 9.99. The number of ether oxygens (including phenoxy) is 1. The lowest BCUT2D eigenvalue weighted by Gasteiger charge is -2.20. The molecule has 0 aliphatic carbocycles. The summed E-state index contributed by atoms with van der Waals surface area (Å²) in [6.07, 6.45) is -4.58. The summed E-state index contributed by atoms with van der Waals surface area (Å²) in [4.78, 5) is 24.5. The van der Waals surface area contributed by atoms with E-state index in [2.05, 4.69) is 5.32 Å². The summed E-state index contributed by atoms with van der Waals surface area (Å²) in [5, 5.41) is 2.80. The second kappa shape index (κ2) is 9.26. The first-order chi connectivity index (χ1) is 14.3. The van der Waals surface area contributed by atoms with Gasteiger partial charge in [-0.15, -0.1) is 0 Å². The van der Waals surface area contributed by atoms with Crippen molar-refractivity contribution in [3.8, 4) is 0 Å².